The number of pyridine rings is 1. The molecule has 0 aromatic carbocycles. The number of hydroxylamine groups is 2. The topological polar surface area (TPSA) is 95.3 Å². The molecule has 2 heterocycles. The van der Waals surface area contributed by atoms with Crippen LogP contribution in [0.4, 0.5) is 0 Å². The summed E-state index contributed by atoms with van der Waals surface area (Å²) < 4.78 is 0.710. The molecule has 0 saturated carbocycles. The molecule has 1 aliphatic rings. The molecular weight excluding hydrogens is 412 g/mol. The van der Waals surface area contributed by atoms with Crippen molar-refractivity contribution in [3.05, 3.63) is 28.5 Å². The largest absolute Gasteiger partial charge is 0.367 e. The predicted octanol–water partition coefficient (Wildman–Crippen LogP) is 2.75. The fraction of sp³-hybridized carbons (Fsp3) is 0.579. The zero-order valence-corrected chi connectivity index (χ0v) is 17.5. The van der Waals surface area contributed by atoms with E-state index in [2.05, 4.69) is 32.3 Å². The average molecular weight is 437 g/mol. The molecule has 0 bridgehead atoms. The fourth-order valence-electron chi connectivity index (χ4n) is 2.68. The van der Waals surface area contributed by atoms with Crippen molar-refractivity contribution in [2.45, 2.75) is 58.5 Å². The number of rotatable bonds is 5. The van der Waals surface area contributed by atoms with Gasteiger partial charge in [-0.25, -0.2) is 9.78 Å². The number of piperidine rings is 1. The number of aromatic nitrogens is 1. The van der Waals surface area contributed by atoms with Gasteiger partial charge in [0.25, 0.3) is 0 Å². The molecule has 146 valence electrons. The van der Waals surface area contributed by atoms with Crippen molar-refractivity contribution in [2.24, 2.45) is 5.41 Å². The minimum absolute atomic E-state index is 0.298. The third-order valence-electron chi connectivity index (χ3n) is 4.27. The third-order valence-corrected chi connectivity index (χ3v) is 4.74. The van der Waals surface area contributed by atoms with Crippen LogP contribution in [0, 0.1) is 16.7 Å². The van der Waals surface area contributed by atoms with Gasteiger partial charge < -0.3 is 10.2 Å². The van der Waals surface area contributed by atoms with E-state index in [1.807, 2.05) is 6.07 Å². The first kappa shape index (κ1) is 21.3. The normalized spacial score (nSPS) is 19.0. The number of carbonyl (C=O) groups excluding carboxylic acids is 2. The molecule has 2 rings (SSSR count). The molecule has 1 aromatic rings. The van der Waals surface area contributed by atoms with Crippen molar-refractivity contribution in [1.82, 2.24) is 15.4 Å². The van der Waals surface area contributed by atoms with Crippen molar-refractivity contribution in [2.75, 3.05) is 6.54 Å². The van der Waals surface area contributed by atoms with Crippen molar-refractivity contribution in [3.63, 3.8) is 0 Å². The highest BCUT2D eigenvalue weighted by atomic mass is 79.9. The maximum Gasteiger partial charge on any atom is 0.330 e. The maximum atomic E-state index is 12.7. The first-order chi connectivity index (χ1) is 12.7. The molecule has 8 heteroatoms. The monoisotopic (exact) mass is 436 g/mol. The minimum Gasteiger partial charge on any atom is -0.367 e. The van der Waals surface area contributed by atoms with E-state index in [1.165, 1.54) is 5.06 Å². The minimum atomic E-state index is -0.678. The van der Waals surface area contributed by atoms with Crippen LogP contribution in [0.15, 0.2) is 22.9 Å². The van der Waals surface area contributed by atoms with E-state index < -0.39 is 17.5 Å². The quantitative estimate of drug-likeness (QED) is 0.712. The molecule has 0 unspecified atom stereocenters. The van der Waals surface area contributed by atoms with E-state index in [9.17, 15) is 14.9 Å². The Morgan fingerprint density at radius 3 is 2.78 bits per heavy atom. The predicted molar refractivity (Wildman–Crippen MR) is 103 cm³/mol. The summed E-state index contributed by atoms with van der Waals surface area (Å²) in [5.74, 6) is -0.673. The van der Waals surface area contributed by atoms with Gasteiger partial charge in [0.1, 0.15) is 16.7 Å². The smallest absolute Gasteiger partial charge is 0.330 e. The van der Waals surface area contributed by atoms with Crippen LogP contribution in [0.25, 0.3) is 0 Å². The van der Waals surface area contributed by atoms with Gasteiger partial charge in [-0.3, -0.25) is 4.79 Å². The lowest BCUT2D eigenvalue weighted by Crippen LogP contribution is -2.53. The number of nitriles is 1. The fourth-order valence-corrected chi connectivity index (χ4v) is 2.91. The summed E-state index contributed by atoms with van der Waals surface area (Å²) in [4.78, 5) is 34.5. The second-order valence-electron chi connectivity index (χ2n) is 7.66. The van der Waals surface area contributed by atoms with Gasteiger partial charge in [0.2, 0.25) is 5.91 Å². The Morgan fingerprint density at radius 1 is 1.44 bits per heavy atom. The molecule has 0 spiro atoms. The van der Waals surface area contributed by atoms with E-state index in [1.54, 1.807) is 33.0 Å². The lowest BCUT2D eigenvalue weighted by Gasteiger charge is -2.34. The zero-order chi connectivity index (χ0) is 20.0. The van der Waals surface area contributed by atoms with Gasteiger partial charge in [-0.2, -0.15) is 5.26 Å². The van der Waals surface area contributed by atoms with Crippen LogP contribution in [0.3, 0.4) is 0 Å². The van der Waals surface area contributed by atoms with E-state index in [-0.39, 0.29) is 11.9 Å². The summed E-state index contributed by atoms with van der Waals surface area (Å²) >= 11 is 3.27. The van der Waals surface area contributed by atoms with E-state index in [0.29, 0.717) is 24.0 Å². The summed E-state index contributed by atoms with van der Waals surface area (Å²) in [5, 5.41) is 13.6. The number of hydrogen-bond acceptors (Lipinski definition) is 6. The average Bonchev–Trinajstić information content (AvgIpc) is 2.62. The number of halogens is 1. The second kappa shape index (κ2) is 9.29. The molecule has 0 radical (unpaired) electrons. The molecule has 1 N–H and O–H groups in total. The van der Waals surface area contributed by atoms with Crippen molar-refractivity contribution >= 4 is 27.8 Å². The summed E-state index contributed by atoms with van der Waals surface area (Å²) in [6.07, 6.45) is 4.33. The molecule has 1 aliphatic heterocycles. The standard InChI is InChI=1S/C19H25BrN4O3/c1-19(2,3)18(26)27-24-9-5-4-6-15(24)17(25)23-14(11-21)10-13-7-8-16(20)22-12-13/h7-8,12,14-15H,4-6,9-10H2,1-3H3,(H,23,25)/t14-,15-/m0/s1. The summed E-state index contributed by atoms with van der Waals surface area (Å²) in [7, 11) is 0. The summed E-state index contributed by atoms with van der Waals surface area (Å²) in [6.45, 7) is 5.82. The van der Waals surface area contributed by atoms with Gasteiger partial charge in [0.05, 0.1) is 11.5 Å². The highest BCUT2D eigenvalue weighted by molar-refractivity contribution is 9.10. The van der Waals surface area contributed by atoms with Gasteiger partial charge >= 0.3 is 5.97 Å². The van der Waals surface area contributed by atoms with Gasteiger partial charge in [0.15, 0.2) is 0 Å². The zero-order valence-electron chi connectivity index (χ0n) is 15.9. The van der Waals surface area contributed by atoms with Gasteiger partial charge in [-0.15, -0.1) is 5.06 Å². The van der Waals surface area contributed by atoms with E-state index in [0.717, 1.165) is 18.4 Å². The summed E-state index contributed by atoms with van der Waals surface area (Å²) in [6, 6.07) is 4.50. The molecule has 1 saturated heterocycles. The molecular formula is C19H25BrN4O3. The van der Waals surface area contributed by atoms with Crippen LogP contribution in [0.1, 0.15) is 45.6 Å². The molecule has 2 atom stereocenters. The molecule has 1 aromatic heterocycles. The van der Waals surface area contributed by atoms with Crippen LogP contribution in [0.5, 0.6) is 0 Å². The second-order valence-corrected chi connectivity index (χ2v) is 8.48. The molecule has 27 heavy (non-hydrogen) atoms. The molecule has 1 fully saturated rings. The number of nitrogens with zero attached hydrogens (tertiary/aromatic N) is 3. The Labute approximate surface area is 168 Å². The van der Waals surface area contributed by atoms with E-state index in [4.69, 9.17) is 4.84 Å². The Kier molecular flexibility index (Phi) is 7.33. The first-order valence-corrected chi connectivity index (χ1v) is 9.79. The van der Waals surface area contributed by atoms with Gasteiger partial charge in [-0.05, 0) is 67.6 Å². The van der Waals surface area contributed by atoms with Gasteiger partial charge in [0, 0.05) is 19.2 Å². The third kappa shape index (κ3) is 6.29. The van der Waals surface area contributed by atoms with E-state index >= 15 is 0 Å². The molecule has 0 aliphatic carbocycles. The van der Waals surface area contributed by atoms with Crippen molar-refractivity contribution in [1.29, 1.82) is 5.26 Å². The molecule has 7 nitrogen and oxygen atoms in total. The SMILES string of the molecule is CC(C)(C)C(=O)ON1CCCC[C@H]1C(=O)N[C@H](C#N)Cc1ccc(Br)nc1. The Bertz CT molecular complexity index is 709. The molecule has 1 amide bonds. The Balaban J connectivity index is 2.01. The van der Waals surface area contributed by atoms with Crippen LogP contribution in [-0.4, -0.2) is 40.6 Å². The van der Waals surface area contributed by atoms with Crippen molar-refractivity contribution < 1.29 is 14.4 Å². The highest BCUT2D eigenvalue weighted by Gasteiger charge is 2.35. The lowest BCUT2D eigenvalue weighted by molar-refractivity contribution is -0.216. The Hall–Kier alpha value is -1.98. The number of carbonyl (C=O) groups is 2. The lowest BCUT2D eigenvalue weighted by atomic mass is 9.97. The Morgan fingerprint density at radius 2 is 2.19 bits per heavy atom. The van der Waals surface area contributed by atoms with Crippen LogP contribution >= 0.6 is 15.9 Å². The van der Waals surface area contributed by atoms with Crippen LogP contribution < -0.4 is 5.32 Å². The summed E-state index contributed by atoms with van der Waals surface area (Å²) in [5.41, 5.74) is 0.201. The number of hydrogen-bond donors (Lipinski definition) is 1. The van der Waals surface area contributed by atoms with Crippen molar-refractivity contribution in [3.8, 4) is 6.07 Å². The maximum absolute atomic E-state index is 12.7. The van der Waals surface area contributed by atoms with Crippen LogP contribution in [-0.2, 0) is 20.8 Å². The number of amides is 1. The van der Waals surface area contributed by atoms with Crippen LogP contribution in [0.2, 0.25) is 0 Å². The first-order valence-electron chi connectivity index (χ1n) is 9.00. The number of nitrogens with one attached hydrogen (secondary N) is 1. The highest BCUT2D eigenvalue weighted by Crippen LogP contribution is 2.22. The van der Waals surface area contributed by atoms with Gasteiger partial charge in [-0.1, -0.05) is 6.07 Å².